The molecule has 0 saturated heterocycles. The van der Waals surface area contributed by atoms with Crippen LogP contribution in [0.4, 0.5) is 5.95 Å². The molecular formula is C11H17N3O2. The molecule has 1 aromatic rings. The van der Waals surface area contributed by atoms with Gasteiger partial charge in [0.2, 0.25) is 5.95 Å². The molecule has 88 valence electrons. The highest BCUT2D eigenvalue weighted by Gasteiger charge is 2.08. The fourth-order valence-corrected chi connectivity index (χ4v) is 1.44. The fourth-order valence-electron chi connectivity index (χ4n) is 1.44. The van der Waals surface area contributed by atoms with Crippen LogP contribution in [0.3, 0.4) is 0 Å². The number of anilines is 1. The highest BCUT2D eigenvalue weighted by molar-refractivity contribution is 5.67. The van der Waals surface area contributed by atoms with Crippen LogP contribution in [-0.4, -0.2) is 27.6 Å². The molecule has 1 aromatic heterocycles. The van der Waals surface area contributed by atoms with Crippen molar-refractivity contribution in [1.29, 1.82) is 0 Å². The molecule has 5 heteroatoms. The second-order valence-electron chi connectivity index (χ2n) is 4.06. The number of carboxylic acids is 1. The van der Waals surface area contributed by atoms with Crippen LogP contribution >= 0.6 is 0 Å². The van der Waals surface area contributed by atoms with E-state index in [1.165, 1.54) is 0 Å². The van der Waals surface area contributed by atoms with Gasteiger partial charge < -0.3 is 10.4 Å². The van der Waals surface area contributed by atoms with Crippen LogP contribution in [0.5, 0.6) is 0 Å². The maximum atomic E-state index is 10.5. The second kappa shape index (κ2) is 5.44. The summed E-state index contributed by atoms with van der Waals surface area (Å²) in [5.41, 5.74) is 1.81. The van der Waals surface area contributed by atoms with Gasteiger partial charge in [-0.25, -0.2) is 9.97 Å². The molecule has 1 heterocycles. The zero-order valence-electron chi connectivity index (χ0n) is 9.82. The van der Waals surface area contributed by atoms with Gasteiger partial charge in [-0.1, -0.05) is 6.92 Å². The van der Waals surface area contributed by atoms with Gasteiger partial charge in [-0.2, -0.15) is 0 Å². The monoisotopic (exact) mass is 223 g/mol. The Labute approximate surface area is 94.9 Å². The topological polar surface area (TPSA) is 75.1 Å². The van der Waals surface area contributed by atoms with E-state index in [0.29, 0.717) is 12.5 Å². The predicted octanol–water partition coefficient (Wildman–Crippen LogP) is 1.62. The van der Waals surface area contributed by atoms with Gasteiger partial charge in [-0.3, -0.25) is 4.79 Å². The van der Waals surface area contributed by atoms with E-state index in [4.69, 9.17) is 5.11 Å². The molecule has 2 N–H and O–H groups in total. The Morgan fingerprint density at radius 3 is 2.50 bits per heavy atom. The second-order valence-corrected chi connectivity index (χ2v) is 4.06. The first-order valence-electron chi connectivity index (χ1n) is 5.25. The van der Waals surface area contributed by atoms with Gasteiger partial charge in [0.15, 0.2) is 0 Å². The first-order chi connectivity index (χ1) is 7.47. The number of aromatic nitrogens is 2. The number of aryl methyl sites for hydroxylation is 2. The number of carboxylic acid groups (broad SMARTS) is 1. The van der Waals surface area contributed by atoms with Crippen molar-refractivity contribution in [2.45, 2.75) is 27.2 Å². The van der Waals surface area contributed by atoms with Crippen LogP contribution in [0.2, 0.25) is 0 Å². The molecule has 16 heavy (non-hydrogen) atoms. The van der Waals surface area contributed by atoms with Crippen LogP contribution in [0.1, 0.15) is 24.7 Å². The minimum atomic E-state index is -0.782. The summed E-state index contributed by atoms with van der Waals surface area (Å²) in [5, 5.41) is 11.7. The molecule has 0 aliphatic carbocycles. The lowest BCUT2D eigenvalue weighted by Crippen LogP contribution is -2.16. The van der Waals surface area contributed by atoms with Crippen molar-refractivity contribution >= 4 is 11.9 Å². The van der Waals surface area contributed by atoms with E-state index < -0.39 is 5.97 Å². The van der Waals surface area contributed by atoms with Crippen molar-refractivity contribution in [3.8, 4) is 0 Å². The van der Waals surface area contributed by atoms with Gasteiger partial charge >= 0.3 is 5.97 Å². The van der Waals surface area contributed by atoms with Crippen LogP contribution in [0.25, 0.3) is 0 Å². The molecule has 1 rings (SSSR count). The Morgan fingerprint density at radius 1 is 1.44 bits per heavy atom. The lowest BCUT2D eigenvalue weighted by Gasteiger charge is -2.10. The van der Waals surface area contributed by atoms with Crippen molar-refractivity contribution in [2.24, 2.45) is 5.92 Å². The molecule has 0 aliphatic rings. The van der Waals surface area contributed by atoms with E-state index >= 15 is 0 Å². The van der Waals surface area contributed by atoms with Gasteiger partial charge in [-0.15, -0.1) is 0 Å². The predicted molar refractivity (Wildman–Crippen MR) is 61.4 cm³/mol. The molecule has 0 aliphatic heterocycles. The van der Waals surface area contributed by atoms with Crippen molar-refractivity contribution < 1.29 is 9.90 Å². The Kier molecular flexibility index (Phi) is 4.22. The summed E-state index contributed by atoms with van der Waals surface area (Å²) < 4.78 is 0. The Morgan fingerprint density at radius 2 is 2.00 bits per heavy atom. The maximum absolute atomic E-state index is 10.5. The zero-order valence-corrected chi connectivity index (χ0v) is 9.82. The summed E-state index contributed by atoms with van der Waals surface area (Å²) in [4.78, 5) is 18.9. The summed E-state index contributed by atoms with van der Waals surface area (Å²) in [6.45, 7) is 6.25. The SMILES string of the molecule is Cc1cc(C)nc(NCC(C)CC(=O)O)n1. The lowest BCUT2D eigenvalue weighted by atomic mass is 10.1. The molecule has 0 amide bonds. The average molecular weight is 223 g/mol. The highest BCUT2D eigenvalue weighted by atomic mass is 16.4. The van der Waals surface area contributed by atoms with E-state index in [9.17, 15) is 4.79 Å². The molecule has 0 spiro atoms. The van der Waals surface area contributed by atoms with Crippen LogP contribution in [-0.2, 0) is 4.79 Å². The van der Waals surface area contributed by atoms with Crippen LogP contribution in [0.15, 0.2) is 6.07 Å². The first-order valence-corrected chi connectivity index (χ1v) is 5.25. The Bertz CT molecular complexity index is 359. The van der Waals surface area contributed by atoms with Crippen molar-refractivity contribution in [2.75, 3.05) is 11.9 Å². The first kappa shape index (κ1) is 12.4. The van der Waals surface area contributed by atoms with E-state index in [0.717, 1.165) is 11.4 Å². The Balaban J connectivity index is 2.51. The summed E-state index contributed by atoms with van der Waals surface area (Å²) in [6, 6.07) is 1.89. The van der Waals surface area contributed by atoms with Gasteiger partial charge in [0.25, 0.3) is 0 Å². The maximum Gasteiger partial charge on any atom is 0.303 e. The van der Waals surface area contributed by atoms with Gasteiger partial charge in [-0.05, 0) is 25.8 Å². The molecule has 0 saturated carbocycles. The minimum absolute atomic E-state index is 0.0573. The number of carbonyl (C=O) groups is 1. The van der Waals surface area contributed by atoms with E-state index in [-0.39, 0.29) is 12.3 Å². The highest BCUT2D eigenvalue weighted by Crippen LogP contribution is 2.06. The molecule has 0 fully saturated rings. The molecule has 0 aromatic carbocycles. The average Bonchev–Trinajstić information content (AvgIpc) is 2.12. The molecule has 5 nitrogen and oxygen atoms in total. The fraction of sp³-hybridized carbons (Fsp3) is 0.545. The van der Waals surface area contributed by atoms with Crippen LogP contribution < -0.4 is 5.32 Å². The van der Waals surface area contributed by atoms with E-state index in [1.807, 2.05) is 26.8 Å². The summed E-state index contributed by atoms with van der Waals surface area (Å²) in [5.74, 6) is -0.160. The van der Waals surface area contributed by atoms with Crippen molar-refractivity contribution in [3.63, 3.8) is 0 Å². The third kappa shape index (κ3) is 4.25. The molecule has 0 radical (unpaired) electrons. The van der Waals surface area contributed by atoms with Gasteiger partial charge in [0.05, 0.1) is 0 Å². The number of hydrogen-bond donors (Lipinski definition) is 2. The smallest absolute Gasteiger partial charge is 0.303 e. The van der Waals surface area contributed by atoms with Crippen molar-refractivity contribution in [3.05, 3.63) is 17.5 Å². The normalized spacial score (nSPS) is 12.2. The quantitative estimate of drug-likeness (QED) is 0.793. The molecule has 1 unspecified atom stereocenters. The standard InChI is InChI=1S/C11H17N3O2/c1-7(4-10(15)16)6-12-11-13-8(2)5-9(3)14-11/h5,7H,4,6H2,1-3H3,(H,15,16)(H,12,13,14). The minimum Gasteiger partial charge on any atom is -0.481 e. The summed E-state index contributed by atoms with van der Waals surface area (Å²) in [7, 11) is 0. The Hall–Kier alpha value is -1.65. The number of rotatable bonds is 5. The lowest BCUT2D eigenvalue weighted by molar-refractivity contribution is -0.137. The van der Waals surface area contributed by atoms with Crippen LogP contribution in [0, 0.1) is 19.8 Å². The van der Waals surface area contributed by atoms with Gasteiger partial charge in [0.1, 0.15) is 0 Å². The number of nitrogens with zero attached hydrogens (tertiary/aromatic N) is 2. The summed E-state index contributed by atoms with van der Waals surface area (Å²) in [6.07, 6.45) is 0.151. The molecular weight excluding hydrogens is 206 g/mol. The zero-order chi connectivity index (χ0) is 12.1. The van der Waals surface area contributed by atoms with E-state index in [2.05, 4.69) is 15.3 Å². The largest absolute Gasteiger partial charge is 0.481 e. The third-order valence-corrected chi connectivity index (χ3v) is 2.11. The van der Waals surface area contributed by atoms with Gasteiger partial charge in [0, 0.05) is 24.4 Å². The number of hydrogen-bond acceptors (Lipinski definition) is 4. The van der Waals surface area contributed by atoms with Crippen molar-refractivity contribution in [1.82, 2.24) is 9.97 Å². The third-order valence-electron chi connectivity index (χ3n) is 2.11. The number of aliphatic carboxylic acids is 1. The number of nitrogens with one attached hydrogen (secondary N) is 1. The molecule has 0 bridgehead atoms. The summed E-state index contributed by atoms with van der Waals surface area (Å²) >= 11 is 0. The van der Waals surface area contributed by atoms with E-state index in [1.54, 1.807) is 0 Å². The molecule has 1 atom stereocenters.